The number of carbonyl (C=O) groups is 5. The molecule has 0 radical (unpaired) electrons. The van der Waals surface area contributed by atoms with Gasteiger partial charge in [0, 0.05) is 76.2 Å². The molecule has 296 valence electrons. The smallest absolute Gasteiger partial charge is 0.262 e. The Morgan fingerprint density at radius 3 is 2.30 bits per heavy atom. The van der Waals surface area contributed by atoms with E-state index in [1.54, 1.807) is 36.5 Å². The number of nitriles is 1. The average molecular weight is 793 g/mol. The highest BCUT2D eigenvalue weighted by molar-refractivity contribution is 6.31. The molecule has 3 saturated heterocycles. The highest BCUT2D eigenvalue weighted by Crippen LogP contribution is 2.32. The molecule has 5 heterocycles. The van der Waals surface area contributed by atoms with Crippen molar-refractivity contribution in [3.63, 3.8) is 0 Å². The van der Waals surface area contributed by atoms with Crippen molar-refractivity contribution in [2.45, 2.75) is 69.6 Å². The first-order chi connectivity index (χ1) is 27.6. The number of amides is 5. The first kappa shape index (κ1) is 38.4. The van der Waals surface area contributed by atoms with E-state index in [1.807, 2.05) is 18.2 Å². The molecular weight excluding hydrogens is 748 g/mol. The number of imide groups is 2. The number of pyridine rings is 1. The van der Waals surface area contributed by atoms with Crippen LogP contribution in [0.1, 0.15) is 88.0 Å². The minimum Gasteiger partial charge on any atom is -0.490 e. The summed E-state index contributed by atoms with van der Waals surface area (Å²) >= 11 is 6.15. The van der Waals surface area contributed by atoms with Crippen LogP contribution in [-0.2, 0) is 9.59 Å². The number of hydrogen-bond acceptors (Lipinski definition) is 11. The quantitative estimate of drug-likeness (QED) is 0.299. The molecule has 1 saturated carbocycles. The number of ether oxygens (including phenoxy) is 1. The molecule has 2 N–H and O–H groups in total. The summed E-state index contributed by atoms with van der Waals surface area (Å²) in [6.45, 7) is 6.20. The van der Waals surface area contributed by atoms with Gasteiger partial charge in [-0.15, -0.1) is 0 Å². The van der Waals surface area contributed by atoms with Crippen molar-refractivity contribution in [1.29, 1.82) is 5.26 Å². The molecule has 3 aromatic rings. The number of anilines is 2. The van der Waals surface area contributed by atoms with Gasteiger partial charge in [0.1, 0.15) is 23.7 Å². The van der Waals surface area contributed by atoms with Crippen LogP contribution in [0.5, 0.6) is 5.75 Å². The van der Waals surface area contributed by atoms with Crippen LogP contribution in [0.4, 0.5) is 11.5 Å². The van der Waals surface area contributed by atoms with E-state index in [1.165, 1.54) is 0 Å². The van der Waals surface area contributed by atoms with Gasteiger partial charge in [0.15, 0.2) is 0 Å². The number of carbonyl (C=O) groups excluding carboxylic acids is 5. The third-order valence-electron chi connectivity index (χ3n) is 12.0. The van der Waals surface area contributed by atoms with Crippen molar-refractivity contribution in [3.8, 4) is 11.8 Å². The van der Waals surface area contributed by atoms with Crippen molar-refractivity contribution < 1.29 is 28.7 Å². The Kier molecular flexibility index (Phi) is 11.1. The van der Waals surface area contributed by atoms with Gasteiger partial charge in [-0.2, -0.15) is 5.26 Å². The van der Waals surface area contributed by atoms with Crippen LogP contribution < -0.4 is 25.2 Å². The van der Waals surface area contributed by atoms with E-state index in [2.05, 4.69) is 36.4 Å². The van der Waals surface area contributed by atoms with Gasteiger partial charge < -0.3 is 19.9 Å². The predicted octanol–water partition coefficient (Wildman–Crippen LogP) is 4.17. The van der Waals surface area contributed by atoms with Gasteiger partial charge in [-0.3, -0.25) is 39.1 Å². The van der Waals surface area contributed by atoms with Gasteiger partial charge in [-0.25, -0.2) is 4.98 Å². The van der Waals surface area contributed by atoms with Crippen LogP contribution >= 0.6 is 11.6 Å². The first-order valence-corrected chi connectivity index (χ1v) is 20.2. The summed E-state index contributed by atoms with van der Waals surface area (Å²) in [5.74, 6) is 0.00302. The molecular formula is C42H45ClN8O6. The maximum absolute atomic E-state index is 13.3. The number of aromatic nitrogens is 1. The Morgan fingerprint density at radius 2 is 1.61 bits per heavy atom. The van der Waals surface area contributed by atoms with Crippen LogP contribution in [0.3, 0.4) is 0 Å². The molecule has 15 heteroatoms. The molecule has 1 aromatic heterocycles. The van der Waals surface area contributed by atoms with Crippen molar-refractivity contribution in [1.82, 2.24) is 25.4 Å². The molecule has 4 aliphatic heterocycles. The number of fused-ring (bicyclic) bond motifs is 1. The Balaban J connectivity index is 0.753. The minimum absolute atomic E-state index is 0.0339. The Bertz CT molecular complexity index is 2100. The summed E-state index contributed by atoms with van der Waals surface area (Å²) in [6, 6.07) is 15.4. The summed E-state index contributed by atoms with van der Waals surface area (Å²) in [5.41, 5.74) is 2.44. The molecule has 0 spiro atoms. The number of piperidine rings is 2. The molecule has 8 rings (SSSR count). The normalized spacial score (nSPS) is 23.2. The van der Waals surface area contributed by atoms with E-state index < -0.39 is 29.7 Å². The summed E-state index contributed by atoms with van der Waals surface area (Å²) in [5, 5.41) is 14.9. The van der Waals surface area contributed by atoms with Gasteiger partial charge in [0.25, 0.3) is 17.7 Å². The van der Waals surface area contributed by atoms with Gasteiger partial charge in [-0.05, 0) is 93.3 Å². The number of nitrogens with one attached hydrogen (secondary N) is 2. The fourth-order valence-electron chi connectivity index (χ4n) is 8.71. The van der Waals surface area contributed by atoms with Crippen molar-refractivity contribution >= 4 is 52.6 Å². The summed E-state index contributed by atoms with van der Waals surface area (Å²) in [7, 11) is 0. The molecule has 5 amide bonds. The van der Waals surface area contributed by atoms with Crippen LogP contribution in [0.25, 0.3) is 0 Å². The lowest BCUT2D eigenvalue weighted by Gasteiger charge is -2.40. The zero-order chi connectivity index (χ0) is 39.6. The van der Waals surface area contributed by atoms with Gasteiger partial charge in [0.2, 0.25) is 11.8 Å². The maximum atomic E-state index is 13.3. The zero-order valence-corrected chi connectivity index (χ0v) is 32.4. The van der Waals surface area contributed by atoms with Crippen LogP contribution in [-0.4, -0.2) is 108 Å². The lowest BCUT2D eigenvalue weighted by atomic mass is 9.92. The molecule has 57 heavy (non-hydrogen) atoms. The second kappa shape index (κ2) is 16.5. The molecule has 1 atom stereocenters. The van der Waals surface area contributed by atoms with E-state index in [0.29, 0.717) is 38.9 Å². The van der Waals surface area contributed by atoms with E-state index in [-0.39, 0.29) is 30.9 Å². The van der Waals surface area contributed by atoms with Gasteiger partial charge >= 0.3 is 0 Å². The SMILES string of the molecule is N#Cc1ccc(O[C@H]2CC[C@@H](NC(=O)c3ccc(N4CCC(CN5CCN(c6ccc7c(c6)C(=O)N(C6CCC(=O)NC6=O)C7=O)CC5)CC4)nc3)CC2)cc1Cl. The average Bonchev–Trinajstić information content (AvgIpc) is 3.47. The molecule has 1 unspecified atom stereocenters. The molecule has 5 aliphatic rings. The Morgan fingerprint density at radius 1 is 0.860 bits per heavy atom. The van der Waals surface area contributed by atoms with Crippen molar-refractivity contribution in [2.75, 3.05) is 55.6 Å². The highest BCUT2D eigenvalue weighted by Gasteiger charge is 2.45. The molecule has 0 bridgehead atoms. The number of nitrogens with zero attached hydrogens (tertiary/aromatic N) is 6. The molecule has 4 fully saturated rings. The Labute approximate surface area is 336 Å². The topological polar surface area (TPSA) is 168 Å². The fourth-order valence-corrected chi connectivity index (χ4v) is 8.92. The number of hydrogen-bond donors (Lipinski definition) is 2. The standard InChI is InChI=1S/C42H45ClN8O6/c43-35-22-32(6-1-27(35)23-44)57-31-7-3-29(4-8-31)46-39(53)28-2-11-37(45-24-28)50-15-13-26(14-16-50)25-48-17-19-49(20-18-48)30-5-9-33-34(21-30)42(56)51(41(33)55)36-10-12-38(52)47-40(36)54/h1-2,5-6,9,11,21-22,24,26,29,31,36H,3-4,7-8,10,12-20,25H2,(H,46,53)(H,47,52,54)/t29-,31+,36?. The highest BCUT2D eigenvalue weighted by atomic mass is 35.5. The monoisotopic (exact) mass is 792 g/mol. The van der Waals surface area contributed by atoms with Crippen molar-refractivity contribution in [3.05, 3.63) is 82.0 Å². The number of piperazine rings is 1. The number of halogens is 1. The second-order valence-electron chi connectivity index (χ2n) is 15.6. The van der Waals surface area contributed by atoms with E-state index >= 15 is 0 Å². The van der Waals surface area contributed by atoms with Crippen LogP contribution in [0.2, 0.25) is 5.02 Å². The van der Waals surface area contributed by atoms with E-state index in [0.717, 1.165) is 101 Å². The lowest BCUT2D eigenvalue weighted by Crippen LogP contribution is -2.54. The Hall–Kier alpha value is -5.52. The minimum atomic E-state index is -0.974. The fraction of sp³-hybridized carbons (Fsp3) is 0.452. The van der Waals surface area contributed by atoms with Gasteiger partial charge in [0.05, 0.1) is 33.4 Å². The largest absolute Gasteiger partial charge is 0.490 e. The third kappa shape index (κ3) is 8.31. The predicted molar refractivity (Wildman–Crippen MR) is 211 cm³/mol. The second-order valence-corrected chi connectivity index (χ2v) is 16.0. The van der Waals surface area contributed by atoms with Gasteiger partial charge in [-0.1, -0.05) is 11.6 Å². The maximum Gasteiger partial charge on any atom is 0.262 e. The summed E-state index contributed by atoms with van der Waals surface area (Å²) in [6.07, 6.45) is 7.28. The summed E-state index contributed by atoms with van der Waals surface area (Å²) in [4.78, 5) is 76.2. The van der Waals surface area contributed by atoms with Crippen molar-refractivity contribution in [2.24, 2.45) is 5.92 Å². The molecule has 1 aliphatic carbocycles. The molecule has 2 aromatic carbocycles. The number of benzene rings is 2. The third-order valence-corrected chi connectivity index (χ3v) is 12.3. The number of rotatable bonds is 9. The van der Waals surface area contributed by atoms with E-state index in [9.17, 15) is 24.0 Å². The summed E-state index contributed by atoms with van der Waals surface area (Å²) < 4.78 is 6.09. The zero-order valence-electron chi connectivity index (χ0n) is 31.6. The van der Waals surface area contributed by atoms with E-state index in [4.69, 9.17) is 21.6 Å². The molecule has 14 nitrogen and oxygen atoms in total. The van der Waals surface area contributed by atoms with Crippen LogP contribution in [0, 0.1) is 17.2 Å². The lowest BCUT2D eigenvalue weighted by molar-refractivity contribution is -0.136. The van der Waals surface area contributed by atoms with Crippen LogP contribution in [0.15, 0.2) is 54.7 Å². The first-order valence-electron chi connectivity index (χ1n) is 19.8.